The second-order valence-electron chi connectivity index (χ2n) is 7.96. The van der Waals surface area contributed by atoms with E-state index in [2.05, 4.69) is 36.1 Å². The molecule has 1 aromatic heterocycles. The first-order valence-electron chi connectivity index (χ1n) is 9.31. The van der Waals surface area contributed by atoms with E-state index < -0.39 is 0 Å². The quantitative estimate of drug-likeness (QED) is 0.906. The second kappa shape index (κ2) is 7.86. The van der Waals surface area contributed by atoms with Gasteiger partial charge in [0.25, 0.3) is 11.8 Å². The highest BCUT2D eigenvalue weighted by Crippen LogP contribution is 2.22. The predicted octanol–water partition coefficient (Wildman–Crippen LogP) is 2.81. The van der Waals surface area contributed by atoms with Crippen LogP contribution in [0, 0.1) is 0 Å². The van der Waals surface area contributed by atoms with Crippen LogP contribution in [0.4, 0.5) is 0 Å². The van der Waals surface area contributed by atoms with Crippen molar-refractivity contribution >= 4 is 11.8 Å². The molecule has 1 aromatic carbocycles. The Morgan fingerprint density at radius 2 is 1.74 bits per heavy atom. The van der Waals surface area contributed by atoms with Crippen molar-refractivity contribution in [2.45, 2.75) is 45.1 Å². The summed E-state index contributed by atoms with van der Waals surface area (Å²) in [5, 5.41) is 3.09. The van der Waals surface area contributed by atoms with Gasteiger partial charge in [-0.15, -0.1) is 0 Å². The molecule has 2 aromatic rings. The Morgan fingerprint density at radius 1 is 1.07 bits per heavy atom. The van der Waals surface area contributed by atoms with Crippen LogP contribution in [0.2, 0.25) is 0 Å². The van der Waals surface area contributed by atoms with Gasteiger partial charge in [0.2, 0.25) is 0 Å². The number of rotatable bonds is 3. The minimum Gasteiger partial charge on any atom is -0.349 e. The molecule has 0 spiro atoms. The third kappa shape index (κ3) is 4.70. The number of piperidine rings is 1. The SMILES string of the molecule is CC(C)(C)c1ccc(C(=O)NC2CCN(C(=O)c3cnccn3)CC2)cc1. The largest absolute Gasteiger partial charge is 0.349 e. The summed E-state index contributed by atoms with van der Waals surface area (Å²) < 4.78 is 0. The number of carbonyl (C=O) groups is 2. The number of benzene rings is 1. The fourth-order valence-corrected chi connectivity index (χ4v) is 3.19. The summed E-state index contributed by atoms with van der Waals surface area (Å²) in [6.07, 6.45) is 6.02. The van der Waals surface area contributed by atoms with Crippen LogP contribution >= 0.6 is 0 Å². The lowest BCUT2D eigenvalue weighted by molar-refractivity contribution is 0.0692. The standard InChI is InChI=1S/C21H26N4O2/c1-21(2,3)16-6-4-15(5-7-16)19(26)24-17-8-12-25(13-9-17)20(27)18-14-22-10-11-23-18/h4-7,10-11,14,17H,8-9,12-13H2,1-3H3,(H,24,26). The molecule has 1 saturated heterocycles. The number of likely N-dealkylation sites (tertiary alicyclic amines) is 1. The number of amides is 2. The number of nitrogens with zero attached hydrogens (tertiary/aromatic N) is 3. The van der Waals surface area contributed by atoms with Crippen molar-refractivity contribution in [2.24, 2.45) is 0 Å². The molecule has 142 valence electrons. The Balaban J connectivity index is 1.53. The monoisotopic (exact) mass is 366 g/mol. The third-order valence-electron chi connectivity index (χ3n) is 4.91. The number of nitrogens with one attached hydrogen (secondary N) is 1. The van der Waals surface area contributed by atoms with Crippen molar-refractivity contribution in [3.8, 4) is 0 Å². The summed E-state index contributed by atoms with van der Waals surface area (Å²) >= 11 is 0. The van der Waals surface area contributed by atoms with E-state index >= 15 is 0 Å². The molecular weight excluding hydrogens is 340 g/mol. The first-order valence-corrected chi connectivity index (χ1v) is 9.31. The van der Waals surface area contributed by atoms with E-state index in [0.29, 0.717) is 24.3 Å². The van der Waals surface area contributed by atoms with Gasteiger partial charge in [0.05, 0.1) is 6.20 Å². The van der Waals surface area contributed by atoms with Crippen molar-refractivity contribution in [3.05, 3.63) is 59.7 Å². The first kappa shape index (κ1) is 19.0. The normalized spacial score (nSPS) is 15.4. The van der Waals surface area contributed by atoms with Gasteiger partial charge in [-0.2, -0.15) is 0 Å². The summed E-state index contributed by atoms with van der Waals surface area (Å²) in [4.78, 5) is 34.7. The van der Waals surface area contributed by atoms with Gasteiger partial charge < -0.3 is 10.2 Å². The van der Waals surface area contributed by atoms with Crippen molar-refractivity contribution < 1.29 is 9.59 Å². The molecular formula is C21H26N4O2. The Labute approximate surface area is 160 Å². The van der Waals surface area contributed by atoms with E-state index in [0.717, 1.165) is 12.8 Å². The molecule has 1 aliphatic heterocycles. The van der Waals surface area contributed by atoms with Gasteiger partial charge in [-0.05, 0) is 36.0 Å². The molecule has 2 heterocycles. The van der Waals surface area contributed by atoms with Gasteiger partial charge in [0, 0.05) is 37.1 Å². The van der Waals surface area contributed by atoms with Gasteiger partial charge in [-0.25, -0.2) is 4.98 Å². The van der Waals surface area contributed by atoms with Gasteiger partial charge >= 0.3 is 0 Å². The van der Waals surface area contributed by atoms with E-state index in [4.69, 9.17) is 0 Å². The highest BCUT2D eigenvalue weighted by atomic mass is 16.2. The smallest absolute Gasteiger partial charge is 0.274 e. The van der Waals surface area contributed by atoms with Crippen molar-refractivity contribution in [1.82, 2.24) is 20.2 Å². The summed E-state index contributed by atoms with van der Waals surface area (Å²) in [6, 6.07) is 7.85. The number of hydrogen-bond acceptors (Lipinski definition) is 4. The Hall–Kier alpha value is -2.76. The number of aromatic nitrogens is 2. The molecule has 2 amide bonds. The highest BCUT2D eigenvalue weighted by Gasteiger charge is 2.25. The summed E-state index contributed by atoms with van der Waals surface area (Å²) in [5.74, 6) is -0.167. The molecule has 1 aliphatic rings. The van der Waals surface area contributed by atoms with Crippen LogP contribution in [-0.2, 0) is 5.41 Å². The molecule has 3 rings (SSSR count). The topological polar surface area (TPSA) is 75.2 Å². The van der Waals surface area contributed by atoms with Crippen LogP contribution in [0.5, 0.6) is 0 Å². The van der Waals surface area contributed by atoms with Crippen LogP contribution in [-0.4, -0.2) is 45.8 Å². The van der Waals surface area contributed by atoms with Crippen LogP contribution in [0.3, 0.4) is 0 Å². The van der Waals surface area contributed by atoms with Crippen LogP contribution in [0.25, 0.3) is 0 Å². The fraction of sp³-hybridized carbons (Fsp3) is 0.429. The molecule has 0 bridgehead atoms. The van der Waals surface area contributed by atoms with E-state index in [1.165, 1.54) is 18.0 Å². The Bertz CT molecular complexity index is 789. The van der Waals surface area contributed by atoms with Crippen LogP contribution < -0.4 is 5.32 Å². The lowest BCUT2D eigenvalue weighted by atomic mass is 9.86. The van der Waals surface area contributed by atoms with Gasteiger partial charge in [-0.3, -0.25) is 14.6 Å². The molecule has 0 aliphatic carbocycles. The minimum absolute atomic E-state index is 0.0610. The zero-order chi connectivity index (χ0) is 19.4. The minimum atomic E-state index is -0.106. The maximum atomic E-state index is 12.5. The average Bonchev–Trinajstić information content (AvgIpc) is 2.68. The molecule has 0 atom stereocenters. The van der Waals surface area contributed by atoms with E-state index in [9.17, 15) is 9.59 Å². The third-order valence-corrected chi connectivity index (χ3v) is 4.91. The van der Waals surface area contributed by atoms with Crippen molar-refractivity contribution in [2.75, 3.05) is 13.1 Å². The lowest BCUT2D eigenvalue weighted by Crippen LogP contribution is -2.46. The number of carbonyl (C=O) groups excluding carboxylic acids is 2. The van der Waals surface area contributed by atoms with E-state index in [1.54, 1.807) is 11.1 Å². The molecule has 1 fully saturated rings. The van der Waals surface area contributed by atoms with E-state index in [-0.39, 0.29) is 23.3 Å². The van der Waals surface area contributed by atoms with Gasteiger partial charge in [-0.1, -0.05) is 32.9 Å². The van der Waals surface area contributed by atoms with E-state index in [1.807, 2.05) is 24.3 Å². The first-order chi connectivity index (χ1) is 12.8. The molecule has 0 radical (unpaired) electrons. The second-order valence-corrected chi connectivity index (χ2v) is 7.96. The maximum absolute atomic E-state index is 12.5. The molecule has 1 N–H and O–H groups in total. The fourth-order valence-electron chi connectivity index (χ4n) is 3.19. The Kier molecular flexibility index (Phi) is 5.54. The van der Waals surface area contributed by atoms with Crippen molar-refractivity contribution in [3.63, 3.8) is 0 Å². The zero-order valence-electron chi connectivity index (χ0n) is 16.1. The Morgan fingerprint density at radius 3 is 2.30 bits per heavy atom. The summed E-state index contributed by atoms with van der Waals surface area (Å²) in [6.45, 7) is 7.65. The average molecular weight is 366 g/mol. The molecule has 6 heteroatoms. The van der Waals surface area contributed by atoms with Gasteiger partial charge in [0.1, 0.15) is 5.69 Å². The van der Waals surface area contributed by atoms with Gasteiger partial charge in [0.15, 0.2) is 0 Å². The molecule has 6 nitrogen and oxygen atoms in total. The molecule has 27 heavy (non-hydrogen) atoms. The molecule has 0 unspecified atom stereocenters. The lowest BCUT2D eigenvalue weighted by Gasteiger charge is -2.32. The van der Waals surface area contributed by atoms with Crippen molar-refractivity contribution in [1.29, 1.82) is 0 Å². The van der Waals surface area contributed by atoms with Crippen LogP contribution in [0.15, 0.2) is 42.9 Å². The zero-order valence-corrected chi connectivity index (χ0v) is 16.1. The maximum Gasteiger partial charge on any atom is 0.274 e. The highest BCUT2D eigenvalue weighted by molar-refractivity contribution is 5.94. The molecule has 0 saturated carbocycles. The van der Waals surface area contributed by atoms with Crippen LogP contribution in [0.1, 0.15) is 60.0 Å². The summed E-state index contributed by atoms with van der Waals surface area (Å²) in [7, 11) is 0. The number of hydrogen-bond donors (Lipinski definition) is 1. The summed E-state index contributed by atoms with van der Waals surface area (Å²) in [5.41, 5.74) is 2.30. The predicted molar refractivity (Wildman–Crippen MR) is 104 cm³/mol.